The van der Waals surface area contributed by atoms with Gasteiger partial charge in [-0.15, -0.1) is 0 Å². The number of allylic oxidation sites excluding steroid dienone is 8. The average Bonchev–Trinajstić information content (AvgIpc) is 3.19. The van der Waals surface area contributed by atoms with Gasteiger partial charge in [-0.3, -0.25) is 9.97 Å². The zero-order valence-corrected chi connectivity index (χ0v) is 26.8. The van der Waals surface area contributed by atoms with Gasteiger partial charge >= 0.3 is 0 Å². The van der Waals surface area contributed by atoms with Gasteiger partial charge in [0.1, 0.15) is 0 Å². The first kappa shape index (κ1) is 29.5. The van der Waals surface area contributed by atoms with E-state index in [0.717, 1.165) is 87.4 Å². The highest BCUT2D eigenvalue weighted by atomic mass is 14.7. The molecule has 0 radical (unpaired) electrons. The van der Waals surface area contributed by atoms with Crippen LogP contribution in [-0.4, -0.2) is 15.0 Å². The first-order valence-corrected chi connectivity index (χ1v) is 16.7. The van der Waals surface area contributed by atoms with Crippen molar-refractivity contribution in [3.63, 3.8) is 0 Å². The highest BCUT2D eigenvalue weighted by molar-refractivity contribution is 5.85. The minimum atomic E-state index is 0.922. The Morgan fingerprint density at radius 1 is 0.438 bits per heavy atom. The van der Waals surface area contributed by atoms with E-state index >= 15 is 0 Å². The summed E-state index contributed by atoms with van der Waals surface area (Å²) in [7, 11) is 0. The molecule has 0 saturated carbocycles. The molecular formula is C45H35N3. The molecule has 3 heteroatoms. The summed E-state index contributed by atoms with van der Waals surface area (Å²) in [4.78, 5) is 14.9. The lowest BCUT2D eigenvalue weighted by Crippen LogP contribution is -1.96. The van der Waals surface area contributed by atoms with Gasteiger partial charge in [0.2, 0.25) is 0 Å². The van der Waals surface area contributed by atoms with Crippen molar-refractivity contribution in [2.24, 2.45) is 0 Å². The number of hydrogen-bond donors (Lipinski definition) is 0. The van der Waals surface area contributed by atoms with Crippen LogP contribution in [0.15, 0.2) is 164 Å². The van der Waals surface area contributed by atoms with Gasteiger partial charge in [0.05, 0.1) is 22.8 Å². The van der Waals surface area contributed by atoms with Crippen molar-refractivity contribution in [1.29, 1.82) is 0 Å². The Kier molecular flexibility index (Phi) is 8.25. The quantitative estimate of drug-likeness (QED) is 0.179. The molecule has 0 fully saturated rings. The predicted molar refractivity (Wildman–Crippen MR) is 200 cm³/mol. The van der Waals surface area contributed by atoms with E-state index in [1.165, 1.54) is 16.7 Å². The van der Waals surface area contributed by atoms with Gasteiger partial charge in [0, 0.05) is 29.1 Å². The molecule has 0 bridgehead atoms. The van der Waals surface area contributed by atoms with Crippen LogP contribution in [-0.2, 0) is 0 Å². The smallest absolute Gasteiger partial charge is 0.0715 e. The fourth-order valence-corrected chi connectivity index (χ4v) is 6.53. The highest BCUT2D eigenvalue weighted by Crippen LogP contribution is 2.37. The van der Waals surface area contributed by atoms with Crippen molar-refractivity contribution in [2.45, 2.75) is 25.7 Å². The Morgan fingerprint density at radius 2 is 1.06 bits per heavy atom. The lowest BCUT2D eigenvalue weighted by atomic mass is 9.92. The van der Waals surface area contributed by atoms with Crippen LogP contribution in [0.3, 0.4) is 0 Å². The molecular weight excluding hydrogens is 583 g/mol. The summed E-state index contributed by atoms with van der Waals surface area (Å²) < 4.78 is 0. The topological polar surface area (TPSA) is 38.7 Å². The van der Waals surface area contributed by atoms with Gasteiger partial charge in [0.25, 0.3) is 0 Å². The maximum atomic E-state index is 5.17. The molecule has 230 valence electrons. The maximum absolute atomic E-state index is 5.17. The predicted octanol–water partition coefficient (Wildman–Crippen LogP) is 11.7. The molecule has 6 aromatic rings. The Morgan fingerprint density at radius 3 is 1.75 bits per heavy atom. The average molecular weight is 618 g/mol. The molecule has 0 aliphatic heterocycles. The molecule has 2 aliphatic rings. The molecule has 0 atom stereocenters. The minimum absolute atomic E-state index is 0.922. The number of aromatic nitrogens is 3. The van der Waals surface area contributed by atoms with Gasteiger partial charge in [0.15, 0.2) is 0 Å². The normalized spacial score (nSPS) is 14.0. The second-order valence-electron chi connectivity index (χ2n) is 12.3. The van der Waals surface area contributed by atoms with E-state index in [-0.39, 0.29) is 0 Å². The Bertz CT molecular complexity index is 2220. The molecule has 0 spiro atoms. The molecule has 3 aromatic heterocycles. The number of hydrogen-bond acceptors (Lipinski definition) is 3. The molecule has 48 heavy (non-hydrogen) atoms. The lowest BCUT2D eigenvalue weighted by molar-refractivity contribution is 1.04. The van der Waals surface area contributed by atoms with E-state index in [1.807, 2.05) is 24.5 Å². The summed E-state index contributed by atoms with van der Waals surface area (Å²) in [5.41, 5.74) is 15.2. The van der Waals surface area contributed by atoms with Gasteiger partial charge in [-0.25, -0.2) is 4.98 Å². The van der Waals surface area contributed by atoms with E-state index in [2.05, 4.69) is 140 Å². The summed E-state index contributed by atoms with van der Waals surface area (Å²) in [6.07, 6.45) is 21.4. The van der Waals surface area contributed by atoms with Crippen molar-refractivity contribution in [3.8, 4) is 56.0 Å². The third-order valence-corrected chi connectivity index (χ3v) is 9.06. The van der Waals surface area contributed by atoms with E-state index in [1.54, 1.807) is 0 Å². The molecule has 0 unspecified atom stereocenters. The second-order valence-corrected chi connectivity index (χ2v) is 12.3. The number of nitrogens with zero attached hydrogens (tertiary/aromatic N) is 3. The molecule has 2 aliphatic carbocycles. The number of rotatable bonds is 7. The van der Waals surface area contributed by atoms with E-state index in [0.29, 0.717) is 0 Å². The SMILES string of the molecule is C1=CCCC(c2ccnc(-c3cc(-c4cc(C5=CCCC=C5)nc(-c5ccccc5)c4)cc(-c4cc(-c5ccccc5)ccn4)c3)c2)=C1. The summed E-state index contributed by atoms with van der Waals surface area (Å²) >= 11 is 0. The van der Waals surface area contributed by atoms with Crippen LogP contribution < -0.4 is 0 Å². The first-order valence-electron chi connectivity index (χ1n) is 16.7. The summed E-state index contributed by atoms with van der Waals surface area (Å²) in [5.74, 6) is 0. The monoisotopic (exact) mass is 617 g/mol. The molecule has 3 aromatic carbocycles. The van der Waals surface area contributed by atoms with E-state index in [4.69, 9.17) is 15.0 Å². The molecule has 0 saturated heterocycles. The van der Waals surface area contributed by atoms with Gasteiger partial charge in [-0.05, 0) is 119 Å². The molecule has 0 N–H and O–H groups in total. The Hall–Kier alpha value is -5.93. The highest BCUT2D eigenvalue weighted by Gasteiger charge is 2.15. The van der Waals surface area contributed by atoms with Crippen LogP contribution in [0, 0.1) is 0 Å². The lowest BCUT2D eigenvalue weighted by Gasteiger charge is -2.15. The zero-order chi connectivity index (χ0) is 32.1. The van der Waals surface area contributed by atoms with Crippen molar-refractivity contribution >= 4 is 11.1 Å². The van der Waals surface area contributed by atoms with Crippen molar-refractivity contribution in [1.82, 2.24) is 15.0 Å². The van der Waals surface area contributed by atoms with Crippen LogP contribution in [0.5, 0.6) is 0 Å². The van der Waals surface area contributed by atoms with Crippen LogP contribution in [0.1, 0.15) is 36.9 Å². The summed E-state index contributed by atoms with van der Waals surface area (Å²) in [5, 5.41) is 0. The molecule has 3 nitrogen and oxygen atoms in total. The van der Waals surface area contributed by atoms with Crippen LogP contribution in [0.2, 0.25) is 0 Å². The standard InChI is InChI=1S/C45H35N3/c1-5-13-32(14-6-1)36-21-23-46-42(28-36)40-25-38(26-41(27-40)43-29-37(22-24-47-43)33-15-7-2-8-16-33)39-30-44(34-17-9-3-10-18-34)48-45(31-39)35-19-11-4-12-20-35/h1-3,5-7,9-11,13-15,17-31H,4,8,12,16H2. The maximum Gasteiger partial charge on any atom is 0.0715 e. The largest absolute Gasteiger partial charge is 0.256 e. The van der Waals surface area contributed by atoms with Crippen molar-refractivity contribution < 1.29 is 0 Å². The summed E-state index contributed by atoms with van der Waals surface area (Å²) in [6, 6.07) is 40.8. The number of pyridine rings is 3. The molecule has 0 amide bonds. The van der Waals surface area contributed by atoms with Crippen LogP contribution in [0.25, 0.3) is 67.2 Å². The minimum Gasteiger partial charge on any atom is -0.256 e. The van der Waals surface area contributed by atoms with Crippen LogP contribution in [0.4, 0.5) is 0 Å². The third-order valence-electron chi connectivity index (χ3n) is 9.06. The first-order chi connectivity index (χ1) is 23.8. The fourth-order valence-electron chi connectivity index (χ4n) is 6.53. The van der Waals surface area contributed by atoms with Gasteiger partial charge in [-0.1, -0.05) is 97.1 Å². The van der Waals surface area contributed by atoms with Crippen molar-refractivity contribution in [2.75, 3.05) is 0 Å². The summed E-state index contributed by atoms with van der Waals surface area (Å²) in [6.45, 7) is 0. The van der Waals surface area contributed by atoms with Crippen molar-refractivity contribution in [3.05, 3.63) is 175 Å². The van der Waals surface area contributed by atoms with Crippen LogP contribution >= 0.6 is 0 Å². The van der Waals surface area contributed by atoms with Gasteiger partial charge < -0.3 is 0 Å². The third kappa shape index (κ3) is 6.36. The second kappa shape index (κ2) is 13.4. The molecule has 8 rings (SSSR count). The number of benzene rings is 3. The zero-order valence-electron chi connectivity index (χ0n) is 26.8. The Balaban J connectivity index is 1.32. The van der Waals surface area contributed by atoms with E-state index < -0.39 is 0 Å². The Labute approximate surface area is 282 Å². The fraction of sp³-hybridized carbons (Fsp3) is 0.0889. The molecule has 3 heterocycles. The van der Waals surface area contributed by atoms with Gasteiger partial charge in [-0.2, -0.15) is 0 Å². The van der Waals surface area contributed by atoms with E-state index in [9.17, 15) is 0 Å².